The van der Waals surface area contributed by atoms with Gasteiger partial charge in [-0.3, -0.25) is 0 Å². The number of furan rings is 1. The van der Waals surface area contributed by atoms with Gasteiger partial charge in [0.15, 0.2) is 0 Å². The van der Waals surface area contributed by atoms with E-state index in [0.29, 0.717) is 17.7 Å². The zero-order chi connectivity index (χ0) is 10.6. The second kappa shape index (κ2) is 4.52. The van der Waals surface area contributed by atoms with Crippen molar-refractivity contribution >= 4 is 5.70 Å². The number of nitrogens with two attached hydrogens (primary N) is 1. The molecule has 0 aromatic carbocycles. The highest BCUT2D eigenvalue weighted by Crippen LogP contribution is 2.18. The molecule has 0 atom stereocenters. The van der Waals surface area contributed by atoms with E-state index < -0.39 is 0 Å². The van der Waals surface area contributed by atoms with Gasteiger partial charge in [0.25, 0.3) is 0 Å². The van der Waals surface area contributed by atoms with Gasteiger partial charge in [0, 0.05) is 5.56 Å². The van der Waals surface area contributed by atoms with Crippen molar-refractivity contribution in [1.82, 2.24) is 0 Å². The molecular weight excluding hydrogens is 176 g/mol. The van der Waals surface area contributed by atoms with Crippen molar-refractivity contribution in [3.63, 3.8) is 0 Å². The summed E-state index contributed by atoms with van der Waals surface area (Å²) in [5.74, 6) is 0.803. The Morgan fingerprint density at radius 1 is 1.64 bits per heavy atom. The van der Waals surface area contributed by atoms with E-state index in [4.69, 9.17) is 15.4 Å². The molecule has 0 bridgehead atoms. The highest BCUT2D eigenvalue weighted by atomic mass is 16.3. The number of aryl methyl sites for hydroxylation is 1. The second-order valence-electron chi connectivity index (χ2n) is 3.20. The number of nitriles is 1. The van der Waals surface area contributed by atoms with E-state index in [1.807, 2.05) is 19.9 Å². The minimum atomic E-state index is 0.534. The van der Waals surface area contributed by atoms with Gasteiger partial charge in [-0.05, 0) is 19.4 Å². The third-order valence-electron chi connectivity index (χ3n) is 2.00. The van der Waals surface area contributed by atoms with Crippen LogP contribution in [0.3, 0.4) is 0 Å². The molecule has 0 amide bonds. The second-order valence-corrected chi connectivity index (χ2v) is 3.20. The summed E-state index contributed by atoms with van der Waals surface area (Å²) in [6.45, 7) is 3.87. The molecule has 0 spiro atoms. The van der Waals surface area contributed by atoms with Gasteiger partial charge in [-0.1, -0.05) is 13.3 Å². The summed E-state index contributed by atoms with van der Waals surface area (Å²) in [7, 11) is 0. The van der Waals surface area contributed by atoms with Crippen molar-refractivity contribution in [2.75, 3.05) is 0 Å². The topological polar surface area (TPSA) is 63.0 Å². The average molecular weight is 190 g/mol. The van der Waals surface area contributed by atoms with Gasteiger partial charge in [0.05, 0.1) is 23.6 Å². The van der Waals surface area contributed by atoms with Crippen LogP contribution < -0.4 is 5.73 Å². The van der Waals surface area contributed by atoms with Crippen LogP contribution in [0.5, 0.6) is 0 Å². The molecule has 3 nitrogen and oxygen atoms in total. The van der Waals surface area contributed by atoms with Gasteiger partial charge >= 0.3 is 0 Å². The summed E-state index contributed by atoms with van der Waals surface area (Å²) >= 11 is 0. The Kier molecular flexibility index (Phi) is 3.35. The van der Waals surface area contributed by atoms with E-state index >= 15 is 0 Å². The molecule has 1 aromatic heterocycles. The molecule has 0 saturated carbocycles. The molecule has 0 saturated heterocycles. The molecule has 74 valence electrons. The van der Waals surface area contributed by atoms with E-state index in [1.165, 1.54) is 0 Å². The van der Waals surface area contributed by atoms with Crippen LogP contribution in [-0.4, -0.2) is 0 Å². The fourth-order valence-electron chi connectivity index (χ4n) is 1.26. The molecule has 0 aliphatic carbocycles. The number of allylic oxidation sites excluding steroid dienone is 1. The largest absolute Gasteiger partial charge is 0.469 e. The first-order chi connectivity index (χ1) is 6.69. The quantitative estimate of drug-likeness (QED) is 0.745. The summed E-state index contributed by atoms with van der Waals surface area (Å²) in [5, 5.41) is 8.88. The van der Waals surface area contributed by atoms with E-state index in [9.17, 15) is 0 Å². The van der Waals surface area contributed by atoms with Crippen LogP contribution in [0, 0.1) is 18.3 Å². The number of hydrogen-bond acceptors (Lipinski definition) is 3. The maximum Gasteiger partial charge on any atom is 0.101 e. The van der Waals surface area contributed by atoms with Crippen molar-refractivity contribution in [1.29, 1.82) is 5.26 Å². The van der Waals surface area contributed by atoms with E-state index in [-0.39, 0.29) is 0 Å². The number of hydrogen-bond donors (Lipinski definition) is 1. The van der Waals surface area contributed by atoms with Crippen LogP contribution in [0.1, 0.15) is 31.1 Å². The lowest BCUT2D eigenvalue weighted by Crippen LogP contribution is -1.99. The minimum absolute atomic E-state index is 0.534. The van der Waals surface area contributed by atoms with E-state index in [2.05, 4.69) is 6.07 Å². The minimum Gasteiger partial charge on any atom is -0.469 e. The normalized spacial score (nSPS) is 12.1. The highest BCUT2D eigenvalue weighted by molar-refractivity contribution is 5.68. The van der Waals surface area contributed by atoms with Crippen molar-refractivity contribution in [3.8, 4) is 6.07 Å². The summed E-state index contributed by atoms with van der Waals surface area (Å²) in [5.41, 5.74) is 7.81. The Morgan fingerprint density at radius 2 is 2.36 bits per heavy atom. The van der Waals surface area contributed by atoms with Gasteiger partial charge in [-0.25, -0.2) is 0 Å². The zero-order valence-electron chi connectivity index (χ0n) is 8.50. The van der Waals surface area contributed by atoms with E-state index in [0.717, 1.165) is 17.7 Å². The van der Waals surface area contributed by atoms with Gasteiger partial charge in [0.2, 0.25) is 0 Å². The van der Waals surface area contributed by atoms with Crippen LogP contribution in [-0.2, 0) is 0 Å². The monoisotopic (exact) mass is 190 g/mol. The standard InChI is InChI=1S/C11H14N2O/c1-3-4-9(6-12)11(13)10-5-8(2)14-7-10/h5,7H,3-4,13H2,1-2H3/b11-9+. The van der Waals surface area contributed by atoms with Crippen molar-refractivity contribution in [3.05, 3.63) is 29.2 Å². The Balaban J connectivity index is 3.02. The molecule has 0 fully saturated rings. The van der Waals surface area contributed by atoms with Gasteiger partial charge in [-0.2, -0.15) is 5.26 Å². The summed E-state index contributed by atoms with van der Waals surface area (Å²) in [4.78, 5) is 0. The maximum absolute atomic E-state index is 8.88. The summed E-state index contributed by atoms with van der Waals surface area (Å²) < 4.78 is 5.13. The number of rotatable bonds is 3. The number of nitrogens with zero attached hydrogens (tertiary/aromatic N) is 1. The molecule has 2 N–H and O–H groups in total. The first kappa shape index (κ1) is 10.4. The average Bonchev–Trinajstić information content (AvgIpc) is 2.60. The van der Waals surface area contributed by atoms with Gasteiger partial charge in [-0.15, -0.1) is 0 Å². The Hall–Kier alpha value is -1.69. The van der Waals surface area contributed by atoms with Gasteiger partial charge < -0.3 is 10.2 Å². The maximum atomic E-state index is 8.88. The van der Waals surface area contributed by atoms with Crippen LogP contribution >= 0.6 is 0 Å². The fraction of sp³-hybridized carbons (Fsp3) is 0.364. The molecule has 0 unspecified atom stereocenters. The Bertz CT molecular complexity index is 382. The predicted octanol–water partition coefficient (Wildman–Crippen LogP) is 2.58. The molecule has 0 radical (unpaired) electrons. The molecule has 14 heavy (non-hydrogen) atoms. The molecule has 1 rings (SSSR count). The molecule has 0 aliphatic rings. The predicted molar refractivity (Wildman–Crippen MR) is 55.1 cm³/mol. The van der Waals surface area contributed by atoms with Crippen LogP contribution in [0.2, 0.25) is 0 Å². The third-order valence-corrected chi connectivity index (χ3v) is 2.00. The SMILES string of the molecule is CCC/C(C#N)=C(\N)c1coc(C)c1. The highest BCUT2D eigenvalue weighted by Gasteiger charge is 2.06. The van der Waals surface area contributed by atoms with E-state index in [1.54, 1.807) is 6.26 Å². The van der Waals surface area contributed by atoms with Crippen LogP contribution in [0.4, 0.5) is 0 Å². The zero-order valence-corrected chi connectivity index (χ0v) is 8.50. The van der Waals surface area contributed by atoms with Crippen LogP contribution in [0.15, 0.2) is 22.3 Å². The Labute approximate surface area is 83.8 Å². The van der Waals surface area contributed by atoms with Gasteiger partial charge in [0.1, 0.15) is 5.76 Å². The lowest BCUT2D eigenvalue weighted by atomic mass is 10.1. The summed E-state index contributed by atoms with van der Waals surface area (Å²) in [6, 6.07) is 3.96. The molecule has 3 heteroatoms. The smallest absolute Gasteiger partial charge is 0.101 e. The molecular formula is C11H14N2O. The lowest BCUT2D eigenvalue weighted by molar-refractivity contribution is 0.533. The Morgan fingerprint density at radius 3 is 2.79 bits per heavy atom. The first-order valence-electron chi connectivity index (χ1n) is 4.63. The molecule has 0 aliphatic heterocycles. The van der Waals surface area contributed by atoms with Crippen molar-refractivity contribution < 1.29 is 4.42 Å². The lowest BCUT2D eigenvalue weighted by Gasteiger charge is -2.00. The molecule has 1 aromatic rings. The van der Waals surface area contributed by atoms with Crippen molar-refractivity contribution in [2.24, 2.45) is 5.73 Å². The third kappa shape index (κ3) is 2.17. The first-order valence-corrected chi connectivity index (χ1v) is 4.63. The van der Waals surface area contributed by atoms with Crippen molar-refractivity contribution in [2.45, 2.75) is 26.7 Å². The molecule has 1 heterocycles. The fourth-order valence-corrected chi connectivity index (χ4v) is 1.26. The van der Waals surface area contributed by atoms with Crippen LogP contribution in [0.25, 0.3) is 5.70 Å². The summed E-state index contributed by atoms with van der Waals surface area (Å²) in [6.07, 6.45) is 3.21.